The van der Waals surface area contributed by atoms with E-state index in [4.69, 9.17) is 5.14 Å². The third-order valence-corrected chi connectivity index (χ3v) is 5.57. The molecule has 2 aromatic rings. The summed E-state index contributed by atoms with van der Waals surface area (Å²) in [5, 5.41) is 5.09. The quantitative estimate of drug-likeness (QED) is 0.737. The van der Waals surface area contributed by atoms with Crippen molar-refractivity contribution >= 4 is 38.5 Å². The molecule has 0 fully saturated rings. The molecule has 0 bridgehead atoms. The normalized spacial score (nSPS) is 12.7. The Hall–Kier alpha value is -1.45. The van der Waals surface area contributed by atoms with Gasteiger partial charge in [-0.1, -0.05) is 24.3 Å². The van der Waals surface area contributed by atoms with Crippen LogP contribution < -0.4 is 5.14 Å². The lowest BCUT2D eigenvalue weighted by molar-refractivity contribution is 0.0741. The van der Waals surface area contributed by atoms with Crippen molar-refractivity contribution in [1.82, 2.24) is 4.90 Å². The van der Waals surface area contributed by atoms with Gasteiger partial charge in [-0.2, -0.15) is 0 Å². The van der Waals surface area contributed by atoms with Gasteiger partial charge in [0.05, 0.1) is 16.5 Å². The van der Waals surface area contributed by atoms with E-state index in [2.05, 4.69) is 22.6 Å². The Bertz CT molecular complexity index is 819. The highest BCUT2D eigenvalue weighted by molar-refractivity contribution is 14.1. The maximum Gasteiger partial charge on any atom is 0.255 e. The van der Waals surface area contributed by atoms with Crippen molar-refractivity contribution in [1.29, 1.82) is 0 Å². The first kappa shape index (κ1) is 17.9. The summed E-state index contributed by atoms with van der Waals surface area (Å²) in [7, 11) is -1.99. The lowest BCUT2D eigenvalue weighted by atomic mass is 10.1. The van der Waals surface area contributed by atoms with Gasteiger partial charge in [0.25, 0.3) is 5.91 Å². The summed E-state index contributed by atoms with van der Waals surface area (Å²) in [5.74, 6) is -0.0852. The Labute approximate surface area is 149 Å². The number of rotatable bonds is 4. The SMILES string of the molecule is CC(c1ccc(S(N)(=O)=O)cc1)N(C)C(=O)c1ccccc1I. The van der Waals surface area contributed by atoms with E-state index in [-0.39, 0.29) is 16.8 Å². The van der Waals surface area contributed by atoms with Gasteiger partial charge >= 0.3 is 0 Å². The topological polar surface area (TPSA) is 80.5 Å². The molecule has 0 aromatic heterocycles. The number of amides is 1. The van der Waals surface area contributed by atoms with Gasteiger partial charge in [0, 0.05) is 10.6 Å². The molecule has 0 aliphatic heterocycles. The molecule has 2 aromatic carbocycles. The molecule has 0 spiro atoms. The minimum Gasteiger partial charge on any atom is -0.335 e. The molecule has 1 atom stereocenters. The molecule has 0 radical (unpaired) electrons. The Morgan fingerprint density at radius 1 is 1.13 bits per heavy atom. The second-order valence-electron chi connectivity index (χ2n) is 5.19. The van der Waals surface area contributed by atoms with E-state index < -0.39 is 10.0 Å². The standard InChI is InChI=1S/C16H17IN2O3S/c1-11(12-7-9-13(10-8-12)23(18,21)22)19(2)16(20)14-5-3-4-6-15(14)17/h3-11H,1-2H3,(H2,18,21,22). The number of hydrogen-bond acceptors (Lipinski definition) is 3. The molecule has 0 heterocycles. The monoisotopic (exact) mass is 444 g/mol. The average Bonchev–Trinajstić information content (AvgIpc) is 2.52. The third-order valence-electron chi connectivity index (χ3n) is 3.70. The molecule has 7 heteroatoms. The van der Waals surface area contributed by atoms with Crippen LogP contribution in [0.1, 0.15) is 28.9 Å². The fourth-order valence-corrected chi connectivity index (χ4v) is 3.29. The highest BCUT2D eigenvalue weighted by atomic mass is 127. The zero-order chi connectivity index (χ0) is 17.2. The molecule has 1 unspecified atom stereocenters. The molecule has 1 amide bonds. The van der Waals surface area contributed by atoms with Crippen LogP contribution in [0.4, 0.5) is 0 Å². The summed E-state index contributed by atoms with van der Waals surface area (Å²) in [6.07, 6.45) is 0. The van der Waals surface area contributed by atoms with Crippen LogP contribution >= 0.6 is 22.6 Å². The number of nitrogens with two attached hydrogens (primary N) is 1. The number of carbonyl (C=O) groups is 1. The first-order valence-corrected chi connectivity index (χ1v) is 9.49. The van der Waals surface area contributed by atoms with Gasteiger partial charge in [-0.3, -0.25) is 4.79 Å². The van der Waals surface area contributed by atoms with E-state index in [9.17, 15) is 13.2 Å². The smallest absolute Gasteiger partial charge is 0.255 e. The summed E-state index contributed by atoms with van der Waals surface area (Å²) in [5.41, 5.74) is 1.47. The van der Waals surface area contributed by atoms with E-state index in [1.165, 1.54) is 12.1 Å². The van der Waals surface area contributed by atoms with Gasteiger partial charge in [0.15, 0.2) is 0 Å². The van der Waals surface area contributed by atoms with Crippen LogP contribution in [0.3, 0.4) is 0 Å². The van der Waals surface area contributed by atoms with Crippen molar-refractivity contribution in [3.05, 3.63) is 63.2 Å². The molecule has 2 rings (SSSR count). The van der Waals surface area contributed by atoms with Crippen molar-refractivity contribution in [3.8, 4) is 0 Å². The molecule has 0 saturated heterocycles. The van der Waals surface area contributed by atoms with Gasteiger partial charge in [0.1, 0.15) is 0 Å². The van der Waals surface area contributed by atoms with Gasteiger partial charge in [-0.05, 0) is 59.3 Å². The summed E-state index contributed by atoms with van der Waals surface area (Å²) < 4.78 is 23.5. The van der Waals surface area contributed by atoms with E-state index in [1.807, 2.05) is 25.1 Å². The maximum atomic E-state index is 12.6. The van der Waals surface area contributed by atoms with Crippen LogP contribution in [-0.4, -0.2) is 26.3 Å². The molecule has 23 heavy (non-hydrogen) atoms. The molecular formula is C16H17IN2O3S. The number of hydrogen-bond donors (Lipinski definition) is 1. The van der Waals surface area contributed by atoms with E-state index >= 15 is 0 Å². The van der Waals surface area contributed by atoms with Crippen LogP contribution in [0.5, 0.6) is 0 Å². The zero-order valence-electron chi connectivity index (χ0n) is 12.7. The Balaban J connectivity index is 2.24. The largest absolute Gasteiger partial charge is 0.335 e. The molecule has 2 N–H and O–H groups in total. The van der Waals surface area contributed by atoms with Crippen molar-refractivity contribution in [2.45, 2.75) is 17.9 Å². The van der Waals surface area contributed by atoms with E-state index in [0.717, 1.165) is 9.13 Å². The van der Waals surface area contributed by atoms with Crippen LogP contribution in [0, 0.1) is 3.57 Å². The first-order chi connectivity index (χ1) is 10.7. The summed E-state index contributed by atoms with van der Waals surface area (Å²) >= 11 is 2.13. The number of halogens is 1. The molecule has 122 valence electrons. The molecular weight excluding hydrogens is 427 g/mol. The molecule has 5 nitrogen and oxygen atoms in total. The Kier molecular flexibility index (Phi) is 5.43. The summed E-state index contributed by atoms with van der Waals surface area (Å²) in [6, 6.07) is 13.4. The van der Waals surface area contributed by atoms with Gasteiger partial charge in [0.2, 0.25) is 10.0 Å². The van der Waals surface area contributed by atoms with Crippen molar-refractivity contribution in [2.75, 3.05) is 7.05 Å². The van der Waals surface area contributed by atoms with Crippen LogP contribution in [0.15, 0.2) is 53.4 Å². The highest BCUT2D eigenvalue weighted by Gasteiger charge is 2.20. The molecule has 0 saturated carbocycles. The fraction of sp³-hybridized carbons (Fsp3) is 0.188. The minimum atomic E-state index is -3.71. The molecule has 0 aliphatic carbocycles. The van der Waals surface area contributed by atoms with Gasteiger partial charge < -0.3 is 4.90 Å². The summed E-state index contributed by atoms with van der Waals surface area (Å²) in [4.78, 5) is 14.3. The minimum absolute atomic E-state index is 0.0556. The maximum absolute atomic E-state index is 12.6. The van der Waals surface area contributed by atoms with Gasteiger partial charge in [-0.15, -0.1) is 0 Å². The number of nitrogens with zero attached hydrogens (tertiary/aromatic N) is 1. The van der Waals surface area contributed by atoms with Crippen molar-refractivity contribution < 1.29 is 13.2 Å². The second-order valence-corrected chi connectivity index (χ2v) is 7.91. The van der Waals surface area contributed by atoms with Crippen molar-refractivity contribution in [3.63, 3.8) is 0 Å². The third kappa shape index (κ3) is 4.10. The van der Waals surface area contributed by atoms with E-state index in [1.54, 1.807) is 30.1 Å². The Morgan fingerprint density at radius 2 is 1.70 bits per heavy atom. The number of carbonyl (C=O) groups excluding carboxylic acids is 1. The zero-order valence-corrected chi connectivity index (χ0v) is 15.7. The second kappa shape index (κ2) is 6.98. The highest BCUT2D eigenvalue weighted by Crippen LogP contribution is 2.23. The van der Waals surface area contributed by atoms with Crippen molar-refractivity contribution in [2.24, 2.45) is 5.14 Å². The number of sulfonamides is 1. The lowest BCUT2D eigenvalue weighted by Crippen LogP contribution is -2.30. The molecule has 0 aliphatic rings. The van der Waals surface area contributed by atoms with Crippen LogP contribution in [0.2, 0.25) is 0 Å². The first-order valence-electron chi connectivity index (χ1n) is 6.86. The van der Waals surface area contributed by atoms with E-state index in [0.29, 0.717) is 5.56 Å². The van der Waals surface area contributed by atoms with Crippen LogP contribution in [-0.2, 0) is 10.0 Å². The lowest BCUT2D eigenvalue weighted by Gasteiger charge is -2.26. The number of primary sulfonamides is 1. The summed E-state index contributed by atoms with van der Waals surface area (Å²) in [6.45, 7) is 1.89. The van der Waals surface area contributed by atoms with Gasteiger partial charge in [-0.25, -0.2) is 13.6 Å². The number of benzene rings is 2. The Morgan fingerprint density at radius 3 is 2.22 bits per heavy atom. The average molecular weight is 444 g/mol. The predicted octanol–water partition coefficient (Wildman–Crippen LogP) is 2.77. The van der Waals surface area contributed by atoms with Crippen LogP contribution in [0.25, 0.3) is 0 Å². The predicted molar refractivity (Wildman–Crippen MR) is 97.5 cm³/mol. The fourth-order valence-electron chi connectivity index (χ4n) is 2.16.